The van der Waals surface area contributed by atoms with Crippen molar-refractivity contribution in [2.24, 2.45) is 0 Å². The van der Waals surface area contributed by atoms with Crippen molar-refractivity contribution in [3.63, 3.8) is 0 Å². The van der Waals surface area contributed by atoms with E-state index in [0.717, 1.165) is 24.4 Å². The lowest BCUT2D eigenvalue weighted by molar-refractivity contribution is -0.138. The number of carbonyl (C=O) groups is 1. The molecule has 140 valence electrons. The monoisotopic (exact) mass is 367 g/mol. The Morgan fingerprint density at radius 2 is 2.08 bits per heavy atom. The molecule has 5 nitrogen and oxygen atoms in total. The normalized spacial score (nSPS) is 13.2. The van der Waals surface area contributed by atoms with Gasteiger partial charge in [-0.05, 0) is 31.6 Å². The Morgan fingerprint density at radius 3 is 2.62 bits per heavy atom. The van der Waals surface area contributed by atoms with Crippen molar-refractivity contribution >= 4 is 12.0 Å². The van der Waals surface area contributed by atoms with Crippen LogP contribution in [0.1, 0.15) is 49.9 Å². The summed E-state index contributed by atoms with van der Waals surface area (Å²) < 4.78 is 44.3. The molecule has 0 aliphatic carbocycles. The molecule has 1 unspecified atom stereocenters. The molecule has 0 radical (unpaired) electrons. The first kappa shape index (κ1) is 19.7. The topological polar surface area (TPSA) is 57.0 Å². The third-order valence-corrected chi connectivity index (χ3v) is 3.85. The van der Waals surface area contributed by atoms with Crippen molar-refractivity contribution in [1.29, 1.82) is 0 Å². The van der Waals surface area contributed by atoms with E-state index in [2.05, 4.69) is 10.1 Å². The van der Waals surface area contributed by atoms with Crippen molar-refractivity contribution in [2.45, 2.75) is 39.3 Å². The van der Waals surface area contributed by atoms with E-state index in [-0.39, 0.29) is 18.3 Å². The zero-order chi connectivity index (χ0) is 19.3. The van der Waals surface area contributed by atoms with Crippen LogP contribution in [0.25, 0.3) is 11.9 Å². The summed E-state index contributed by atoms with van der Waals surface area (Å²) in [6, 6.07) is 2.22. The molecule has 0 aliphatic rings. The maximum Gasteiger partial charge on any atom is 0.417 e. The maximum absolute atomic E-state index is 12.7. The maximum atomic E-state index is 12.7. The van der Waals surface area contributed by atoms with E-state index in [1.165, 1.54) is 16.8 Å². The van der Waals surface area contributed by atoms with Crippen LogP contribution in [-0.2, 0) is 15.7 Å². The molecule has 0 aromatic carbocycles. The van der Waals surface area contributed by atoms with Crippen molar-refractivity contribution < 1.29 is 22.7 Å². The van der Waals surface area contributed by atoms with E-state index >= 15 is 0 Å². The second-order valence-corrected chi connectivity index (χ2v) is 5.71. The summed E-state index contributed by atoms with van der Waals surface area (Å²) in [6.07, 6.45) is 1.67. The SMILES string of the molecule is CCOC(=O)/C=C/c1cn(-c2ccc(C(F)(F)F)cn2)nc1C(C)CC. The number of aromatic nitrogens is 3. The first-order chi connectivity index (χ1) is 12.3. The lowest BCUT2D eigenvalue weighted by Crippen LogP contribution is -2.07. The number of rotatable bonds is 6. The van der Waals surface area contributed by atoms with Gasteiger partial charge in [-0.1, -0.05) is 13.8 Å². The molecule has 0 saturated carbocycles. The van der Waals surface area contributed by atoms with Gasteiger partial charge in [-0.15, -0.1) is 0 Å². The molecular formula is C18H20F3N3O2. The Morgan fingerprint density at radius 1 is 1.35 bits per heavy atom. The Hall–Kier alpha value is -2.64. The Bertz CT molecular complexity index is 780. The standard InChI is InChI=1S/C18H20F3N3O2/c1-4-12(3)17-13(6-9-16(25)26-5-2)11-24(23-17)15-8-7-14(10-22-15)18(19,20)21/h6-12H,4-5H2,1-3H3/b9-6+. The summed E-state index contributed by atoms with van der Waals surface area (Å²) in [5.74, 6) is -0.103. The van der Waals surface area contributed by atoms with Crippen LogP contribution in [0.3, 0.4) is 0 Å². The molecule has 1 atom stereocenters. The molecule has 2 heterocycles. The molecule has 2 rings (SSSR count). The van der Waals surface area contributed by atoms with Crippen molar-refractivity contribution in [3.8, 4) is 5.82 Å². The van der Waals surface area contributed by atoms with Gasteiger partial charge in [-0.3, -0.25) is 0 Å². The Balaban J connectivity index is 2.36. The number of ether oxygens (including phenoxy) is 1. The minimum Gasteiger partial charge on any atom is -0.463 e. The second kappa shape index (κ2) is 8.16. The number of nitrogens with zero attached hydrogens (tertiary/aromatic N) is 3. The number of carbonyl (C=O) groups excluding carboxylic acids is 1. The van der Waals surface area contributed by atoms with Gasteiger partial charge in [-0.25, -0.2) is 14.5 Å². The molecule has 0 saturated heterocycles. The largest absolute Gasteiger partial charge is 0.463 e. The fourth-order valence-electron chi connectivity index (χ4n) is 2.26. The van der Waals surface area contributed by atoms with Crippen LogP contribution in [0.5, 0.6) is 0 Å². The summed E-state index contributed by atoms with van der Waals surface area (Å²) >= 11 is 0. The molecule has 0 spiro atoms. The van der Waals surface area contributed by atoms with Crippen LogP contribution in [0, 0.1) is 0 Å². The third-order valence-electron chi connectivity index (χ3n) is 3.85. The molecular weight excluding hydrogens is 347 g/mol. The predicted molar refractivity (Wildman–Crippen MR) is 90.7 cm³/mol. The van der Waals surface area contributed by atoms with Crippen LogP contribution < -0.4 is 0 Å². The highest BCUT2D eigenvalue weighted by Gasteiger charge is 2.30. The highest BCUT2D eigenvalue weighted by atomic mass is 19.4. The van der Waals surface area contributed by atoms with E-state index in [0.29, 0.717) is 5.56 Å². The number of esters is 1. The molecule has 0 amide bonds. The van der Waals surface area contributed by atoms with E-state index in [1.54, 1.807) is 19.2 Å². The van der Waals surface area contributed by atoms with Gasteiger partial charge in [0.25, 0.3) is 0 Å². The van der Waals surface area contributed by atoms with E-state index < -0.39 is 17.7 Å². The van der Waals surface area contributed by atoms with Crippen LogP contribution in [0.4, 0.5) is 13.2 Å². The molecule has 2 aromatic heterocycles. The lowest BCUT2D eigenvalue weighted by Gasteiger charge is -2.07. The Kier molecular flexibility index (Phi) is 6.18. The number of pyridine rings is 1. The summed E-state index contributed by atoms with van der Waals surface area (Å²) in [7, 11) is 0. The van der Waals surface area contributed by atoms with Crippen molar-refractivity contribution in [2.75, 3.05) is 6.61 Å². The average molecular weight is 367 g/mol. The summed E-state index contributed by atoms with van der Waals surface area (Å²) in [5.41, 5.74) is 0.599. The molecule has 2 aromatic rings. The van der Waals surface area contributed by atoms with Gasteiger partial charge in [0, 0.05) is 30.0 Å². The number of hydrogen-bond donors (Lipinski definition) is 0. The minimum absolute atomic E-state index is 0.104. The summed E-state index contributed by atoms with van der Waals surface area (Å²) in [4.78, 5) is 15.4. The molecule has 0 aliphatic heterocycles. The average Bonchev–Trinajstić information content (AvgIpc) is 3.03. The molecule has 0 fully saturated rings. The predicted octanol–water partition coefficient (Wildman–Crippen LogP) is 4.38. The van der Waals surface area contributed by atoms with Crippen LogP contribution >= 0.6 is 0 Å². The van der Waals surface area contributed by atoms with E-state index in [1.807, 2.05) is 13.8 Å². The second-order valence-electron chi connectivity index (χ2n) is 5.71. The zero-order valence-corrected chi connectivity index (χ0v) is 14.7. The smallest absolute Gasteiger partial charge is 0.417 e. The third kappa shape index (κ3) is 4.71. The van der Waals surface area contributed by atoms with Crippen LogP contribution in [0.15, 0.2) is 30.6 Å². The van der Waals surface area contributed by atoms with Gasteiger partial charge in [0.1, 0.15) is 0 Å². The number of hydrogen-bond acceptors (Lipinski definition) is 4. The highest BCUT2D eigenvalue weighted by molar-refractivity contribution is 5.87. The van der Waals surface area contributed by atoms with Gasteiger partial charge in [0.15, 0.2) is 5.82 Å². The fourth-order valence-corrected chi connectivity index (χ4v) is 2.26. The van der Waals surface area contributed by atoms with Gasteiger partial charge in [0.05, 0.1) is 17.9 Å². The summed E-state index contributed by atoms with van der Waals surface area (Å²) in [5, 5.41) is 4.44. The van der Waals surface area contributed by atoms with Crippen LogP contribution in [0.2, 0.25) is 0 Å². The van der Waals surface area contributed by atoms with Gasteiger partial charge in [-0.2, -0.15) is 18.3 Å². The molecule has 0 N–H and O–H groups in total. The highest BCUT2D eigenvalue weighted by Crippen LogP contribution is 2.29. The molecule has 0 bridgehead atoms. The van der Waals surface area contributed by atoms with Gasteiger partial charge in [0.2, 0.25) is 0 Å². The number of alkyl halides is 3. The zero-order valence-electron chi connectivity index (χ0n) is 14.7. The van der Waals surface area contributed by atoms with Crippen molar-refractivity contribution in [3.05, 3.63) is 47.4 Å². The molecule has 26 heavy (non-hydrogen) atoms. The van der Waals surface area contributed by atoms with Gasteiger partial charge < -0.3 is 4.74 Å². The quantitative estimate of drug-likeness (QED) is 0.562. The Labute approximate surface area is 149 Å². The lowest BCUT2D eigenvalue weighted by atomic mass is 10.0. The fraction of sp³-hybridized carbons (Fsp3) is 0.389. The number of halogens is 3. The molecule has 8 heteroatoms. The first-order valence-electron chi connectivity index (χ1n) is 8.24. The van der Waals surface area contributed by atoms with E-state index in [9.17, 15) is 18.0 Å². The van der Waals surface area contributed by atoms with Crippen LogP contribution in [-0.4, -0.2) is 27.3 Å². The van der Waals surface area contributed by atoms with E-state index in [4.69, 9.17) is 4.74 Å². The van der Waals surface area contributed by atoms with Gasteiger partial charge >= 0.3 is 12.1 Å². The minimum atomic E-state index is -4.44. The first-order valence-corrected chi connectivity index (χ1v) is 8.24. The summed E-state index contributed by atoms with van der Waals surface area (Å²) in [6.45, 7) is 5.97. The van der Waals surface area contributed by atoms with Crippen molar-refractivity contribution in [1.82, 2.24) is 14.8 Å².